The Morgan fingerprint density at radius 1 is 1.63 bits per heavy atom. The van der Waals surface area contributed by atoms with Crippen LogP contribution in [0.3, 0.4) is 0 Å². The lowest BCUT2D eigenvalue weighted by Gasteiger charge is -2.34. The van der Waals surface area contributed by atoms with Gasteiger partial charge in [-0.3, -0.25) is 10.1 Å². The van der Waals surface area contributed by atoms with Crippen LogP contribution in [-0.4, -0.2) is 48.8 Å². The molecule has 1 aromatic heterocycles. The lowest BCUT2D eigenvalue weighted by Crippen LogP contribution is -2.50. The molecular formula is C11H13N3O5. The number of carbonyl (C=O) groups excluding carboxylic acids is 1. The molecule has 0 N–H and O–H groups in total. The predicted molar refractivity (Wildman–Crippen MR) is 64.9 cm³/mol. The average molecular weight is 267 g/mol. The van der Waals surface area contributed by atoms with Gasteiger partial charge in [0.2, 0.25) is 0 Å². The van der Waals surface area contributed by atoms with Crippen molar-refractivity contribution in [3.05, 3.63) is 28.4 Å². The second-order valence-corrected chi connectivity index (χ2v) is 3.94. The SMILES string of the molecule is COC(=O)C1COCCN1c1ccc([N+](=O)[O-])cn1. The van der Waals surface area contributed by atoms with E-state index in [1.54, 1.807) is 4.90 Å². The third-order valence-electron chi connectivity index (χ3n) is 2.84. The van der Waals surface area contributed by atoms with Gasteiger partial charge in [-0.2, -0.15) is 0 Å². The Hall–Kier alpha value is -2.22. The van der Waals surface area contributed by atoms with Crippen LogP contribution < -0.4 is 4.90 Å². The van der Waals surface area contributed by atoms with Crippen LogP contribution in [0, 0.1) is 10.1 Å². The van der Waals surface area contributed by atoms with Gasteiger partial charge in [0.15, 0.2) is 6.04 Å². The Labute approximate surface area is 109 Å². The molecule has 0 saturated carbocycles. The molecule has 1 aliphatic heterocycles. The van der Waals surface area contributed by atoms with E-state index in [2.05, 4.69) is 4.98 Å². The van der Waals surface area contributed by atoms with Crippen LogP contribution in [0.15, 0.2) is 18.3 Å². The van der Waals surface area contributed by atoms with E-state index in [4.69, 9.17) is 9.47 Å². The zero-order chi connectivity index (χ0) is 13.8. The minimum Gasteiger partial charge on any atom is -0.467 e. The van der Waals surface area contributed by atoms with E-state index in [1.165, 1.54) is 25.4 Å². The number of rotatable bonds is 3. The van der Waals surface area contributed by atoms with E-state index >= 15 is 0 Å². The van der Waals surface area contributed by atoms with Gasteiger partial charge in [0, 0.05) is 12.6 Å². The Bertz CT molecular complexity index is 476. The number of nitro groups is 1. The fraction of sp³-hybridized carbons (Fsp3) is 0.455. The molecule has 0 aliphatic carbocycles. The number of pyridine rings is 1. The van der Waals surface area contributed by atoms with E-state index in [0.717, 1.165) is 0 Å². The molecule has 1 aromatic rings. The van der Waals surface area contributed by atoms with Crippen molar-refractivity contribution >= 4 is 17.5 Å². The molecule has 0 bridgehead atoms. The van der Waals surface area contributed by atoms with Crippen molar-refractivity contribution in [2.45, 2.75) is 6.04 Å². The highest BCUT2D eigenvalue weighted by Crippen LogP contribution is 2.20. The summed E-state index contributed by atoms with van der Waals surface area (Å²) >= 11 is 0. The molecule has 1 fully saturated rings. The fourth-order valence-corrected chi connectivity index (χ4v) is 1.87. The zero-order valence-electron chi connectivity index (χ0n) is 10.3. The second kappa shape index (κ2) is 5.61. The van der Waals surface area contributed by atoms with Crippen LogP contribution in [0.1, 0.15) is 0 Å². The van der Waals surface area contributed by atoms with Crippen molar-refractivity contribution in [1.29, 1.82) is 0 Å². The maximum absolute atomic E-state index is 11.6. The molecule has 2 heterocycles. The number of anilines is 1. The smallest absolute Gasteiger partial charge is 0.330 e. The number of nitrogens with zero attached hydrogens (tertiary/aromatic N) is 3. The number of methoxy groups -OCH3 is 1. The van der Waals surface area contributed by atoms with Crippen LogP contribution in [0.2, 0.25) is 0 Å². The number of hydrogen-bond donors (Lipinski definition) is 0. The Morgan fingerprint density at radius 2 is 2.42 bits per heavy atom. The minimum absolute atomic E-state index is 0.0911. The van der Waals surface area contributed by atoms with Crippen LogP contribution in [0.4, 0.5) is 11.5 Å². The third-order valence-corrected chi connectivity index (χ3v) is 2.84. The summed E-state index contributed by atoms with van der Waals surface area (Å²) in [7, 11) is 1.30. The van der Waals surface area contributed by atoms with Crippen molar-refractivity contribution in [2.75, 3.05) is 31.8 Å². The highest BCUT2D eigenvalue weighted by atomic mass is 16.6. The van der Waals surface area contributed by atoms with Gasteiger partial charge in [0.1, 0.15) is 12.0 Å². The first-order valence-corrected chi connectivity index (χ1v) is 5.66. The van der Waals surface area contributed by atoms with Crippen molar-refractivity contribution < 1.29 is 19.2 Å². The van der Waals surface area contributed by atoms with Crippen LogP contribution in [0.25, 0.3) is 0 Å². The Morgan fingerprint density at radius 3 is 3.00 bits per heavy atom. The monoisotopic (exact) mass is 267 g/mol. The van der Waals surface area contributed by atoms with Crippen LogP contribution >= 0.6 is 0 Å². The van der Waals surface area contributed by atoms with Crippen LogP contribution in [-0.2, 0) is 14.3 Å². The lowest BCUT2D eigenvalue weighted by atomic mass is 10.2. The first-order valence-electron chi connectivity index (χ1n) is 5.66. The molecule has 0 radical (unpaired) electrons. The summed E-state index contributed by atoms with van der Waals surface area (Å²) in [6, 6.07) is 2.29. The van der Waals surface area contributed by atoms with Gasteiger partial charge in [-0.15, -0.1) is 0 Å². The summed E-state index contributed by atoms with van der Waals surface area (Å²) in [4.78, 5) is 27.4. The predicted octanol–water partition coefficient (Wildman–Crippen LogP) is 0.368. The van der Waals surface area contributed by atoms with Crippen molar-refractivity contribution in [1.82, 2.24) is 4.98 Å². The number of hydrogen-bond acceptors (Lipinski definition) is 7. The van der Waals surface area contributed by atoms with Crippen molar-refractivity contribution in [3.8, 4) is 0 Å². The van der Waals surface area contributed by atoms with Gasteiger partial charge >= 0.3 is 5.97 Å². The first-order chi connectivity index (χ1) is 9.13. The lowest BCUT2D eigenvalue weighted by molar-refractivity contribution is -0.385. The highest BCUT2D eigenvalue weighted by Gasteiger charge is 2.31. The van der Waals surface area contributed by atoms with Gasteiger partial charge in [0.05, 0.1) is 25.2 Å². The molecule has 8 nitrogen and oxygen atoms in total. The van der Waals surface area contributed by atoms with E-state index in [0.29, 0.717) is 19.0 Å². The molecule has 1 atom stereocenters. The molecule has 0 spiro atoms. The number of ether oxygens (including phenoxy) is 2. The highest BCUT2D eigenvalue weighted by molar-refractivity contribution is 5.80. The molecule has 8 heteroatoms. The first kappa shape index (κ1) is 13.2. The minimum atomic E-state index is -0.576. The van der Waals surface area contributed by atoms with Crippen molar-refractivity contribution in [3.63, 3.8) is 0 Å². The zero-order valence-corrected chi connectivity index (χ0v) is 10.3. The molecule has 1 saturated heterocycles. The summed E-state index contributed by atoms with van der Waals surface area (Å²) in [5.74, 6) is 0.0733. The largest absolute Gasteiger partial charge is 0.467 e. The van der Waals surface area contributed by atoms with E-state index in [9.17, 15) is 14.9 Å². The molecule has 19 heavy (non-hydrogen) atoms. The third kappa shape index (κ3) is 2.79. The molecule has 2 rings (SSSR count). The molecule has 1 aliphatic rings. The molecule has 0 aromatic carbocycles. The Balaban J connectivity index is 2.22. The number of aromatic nitrogens is 1. The van der Waals surface area contributed by atoms with Gasteiger partial charge in [-0.05, 0) is 6.07 Å². The maximum Gasteiger partial charge on any atom is 0.330 e. The average Bonchev–Trinajstić information content (AvgIpc) is 2.46. The van der Waals surface area contributed by atoms with Crippen molar-refractivity contribution in [2.24, 2.45) is 0 Å². The van der Waals surface area contributed by atoms with Crippen LogP contribution in [0.5, 0.6) is 0 Å². The van der Waals surface area contributed by atoms with Gasteiger partial charge in [-0.25, -0.2) is 9.78 Å². The standard InChI is InChI=1S/C11H13N3O5/c1-18-11(15)9-7-19-5-4-13(9)10-3-2-8(6-12-10)14(16)17/h2-3,6,9H,4-5,7H2,1H3. The molecular weight excluding hydrogens is 254 g/mol. The maximum atomic E-state index is 11.6. The quantitative estimate of drug-likeness (QED) is 0.443. The summed E-state index contributed by atoms with van der Waals surface area (Å²) in [6.07, 6.45) is 1.17. The van der Waals surface area contributed by atoms with Gasteiger partial charge < -0.3 is 14.4 Å². The number of carbonyl (C=O) groups is 1. The molecule has 0 amide bonds. The summed E-state index contributed by atoms with van der Waals surface area (Å²) in [5, 5.41) is 10.6. The fourth-order valence-electron chi connectivity index (χ4n) is 1.87. The summed E-state index contributed by atoms with van der Waals surface area (Å²) < 4.78 is 9.95. The summed E-state index contributed by atoms with van der Waals surface area (Å²) in [6.45, 7) is 1.15. The van der Waals surface area contributed by atoms with Gasteiger partial charge in [0.25, 0.3) is 5.69 Å². The second-order valence-electron chi connectivity index (χ2n) is 3.94. The topological polar surface area (TPSA) is 94.8 Å². The Kier molecular flexibility index (Phi) is 3.91. The van der Waals surface area contributed by atoms with E-state index < -0.39 is 16.9 Å². The van der Waals surface area contributed by atoms with Gasteiger partial charge in [-0.1, -0.05) is 0 Å². The molecule has 1 unspecified atom stereocenters. The van der Waals surface area contributed by atoms with E-state index in [-0.39, 0.29) is 12.3 Å². The molecule has 102 valence electrons. The normalized spacial score (nSPS) is 19.0. The number of morpholine rings is 1. The number of esters is 1. The summed E-state index contributed by atoms with van der Waals surface area (Å²) in [5.41, 5.74) is -0.0911. The van der Waals surface area contributed by atoms with E-state index in [1.807, 2.05) is 0 Å².